The van der Waals surface area contributed by atoms with Crippen molar-refractivity contribution in [2.75, 3.05) is 26.8 Å². The normalized spacial score (nSPS) is 19.2. The Bertz CT molecular complexity index is 367. The van der Waals surface area contributed by atoms with Gasteiger partial charge in [0.25, 0.3) is 0 Å². The van der Waals surface area contributed by atoms with Crippen molar-refractivity contribution in [1.82, 2.24) is 10.2 Å². The van der Waals surface area contributed by atoms with Gasteiger partial charge in [0.05, 0.1) is 6.04 Å². The summed E-state index contributed by atoms with van der Waals surface area (Å²) in [6.45, 7) is 2.23. The molecule has 0 bridgehead atoms. The predicted molar refractivity (Wildman–Crippen MR) is 72.9 cm³/mol. The zero-order valence-corrected chi connectivity index (χ0v) is 11.5. The molecule has 5 heteroatoms. The van der Waals surface area contributed by atoms with Gasteiger partial charge in [0.1, 0.15) is 0 Å². The van der Waals surface area contributed by atoms with Crippen molar-refractivity contribution in [2.24, 2.45) is 0 Å². The number of rotatable bonds is 5. The lowest BCUT2D eigenvalue weighted by atomic mass is 10.2. The Hall–Kier alpha value is -1.07. The smallest absolute Gasteiger partial charge is 0.317 e. The van der Waals surface area contributed by atoms with E-state index < -0.39 is 0 Å². The zero-order chi connectivity index (χ0) is 12.8. The molecule has 2 rings (SSSR count). The topological polar surface area (TPSA) is 41.6 Å². The fourth-order valence-electron chi connectivity index (χ4n) is 2.30. The Kier molecular flexibility index (Phi) is 5.01. The van der Waals surface area contributed by atoms with Gasteiger partial charge in [0.2, 0.25) is 0 Å². The maximum Gasteiger partial charge on any atom is 0.317 e. The molecule has 1 atom stereocenters. The number of carbonyl (C=O) groups is 1. The molecule has 0 aromatic carbocycles. The number of likely N-dealkylation sites (tertiary alicyclic amines) is 1. The number of nitrogens with zero attached hydrogens (tertiary/aromatic N) is 1. The summed E-state index contributed by atoms with van der Waals surface area (Å²) >= 11 is 1.73. The van der Waals surface area contributed by atoms with Crippen molar-refractivity contribution in [1.29, 1.82) is 0 Å². The SMILES string of the molecule is COCCCNC(=O)N1CCC[C@H]1c1cccs1. The van der Waals surface area contributed by atoms with Crippen LogP contribution in [0.25, 0.3) is 0 Å². The van der Waals surface area contributed by atoms with E-state index in [1.54, 1.807) is 18.4 Å². The molecule has 18 heavy (non-hydrogen) atoms. The van der Waals surface area contributed by atoms with Gasteiger partial charge < -0.3 is 15.0 Å². The van der Waals surface area contributed by atoms with Gasteiger partial charge in [0.15, 0.2) is 0 Å². The zero-order valence-electron chi connectivity index (χ0n) is 10.7. The number of nitrogens with one attached hydrogen (secondary N) is 1. The largest absolute Gasteiger partial charge is 0.385 e. The maximum absolute atomic E-state index is 12.1. The van der Waals surface area contributed by atoms with E-state index in [0.29, 0.717) is 13.2 Å². The lowest BCUT2D eigenvalue weighted by Crippen LogP contribution is -2.39. The Balaban J connectivity index is 1.85. The molecule has 0 spiro atoms. The van der Waals surface area contributed by atoms with Crippen LogP contribution in [-0.2, 0) is 4.74 Å². The average molecular weight is 268 g/mol. The molecule has 0 saturated carbocycles. The third-order valence-electron chi connectivity index (χ3n) is 3.19. The van der Waals surface area contributed by atoms with Crippen LogP contribution >= 0.6 is 11.3 Å². The molecule has 1 N–H and O–H groups in total. The number of ether oxygens (including phenoxy) is 1. The van der Waals surface area contributed by atoms with E-state index in [1.807, 2.05) is 11.0 Å². The van der Waals surface area contributed by atoms with E-state index in [2.05, 4.69) is 16.8 Å². The molecule has 2 amide bonds. The molecule has 1 aliphatic rings. The number of hydrogen-bond acceptors (Lipinski definition) is 3. The first kappa shape index (κ1) is 13.4. The van der Waals surface area contributed by atoms with Crippen molar-refractivity contribution in [3.63, 3.8) is 0 Å². The van der Waals surface area contributed by atoms with Gasteiger partial charge in [-0.2, -0.15) is 0 Å². The number of urea groups is 1. The second-order valence-corrected chi connectivity index (χ2v) is 5.42. The van der Waals surface area contributed by atoms with E-state index in [-0.39, 0.29) is 12.1 Å². The first-order valence-electron chi connectivity index (χ1n) is 6.39. The molecule has 0 unspecified atom stereocenters. The average Bonchev–Trinajstić information content (AvgIpc) is 3.02. The summed E-state index contributed by atoms with van der Waals surface area (Å²) in [6.07, 6.45) is 3.03. The van der Waals surface area contributed by atoms with Crippen molar-refractivity contribution >= 4 is 17.4 Å². The number of methoxy groups -OCH3 is 1. The van der Waals surface area contributed by atoms with E-state index >= 15 is 0 Å². The molecule has 100 valence electrons. The van der Waals surface area contributed by atoms with Crippen LogP contribution in [-0.4, -0.2) is 37.7 Å². The van der Waals surface area contributed by atoms with Gasteiger partial charge in [-0.25, -0.2) is 4.79 Å². The number of thiophene rings is 1. The molecule has 1 aliphatic heterocycles. The highest BCUT2D eigenvalue weighted by Gasteiger charge is 2.30. The lowest BCUT2D eigenvalue weighted by molar-refractivity contribution is 0.183. The first-order valence-corrected chi connectivity index (χ1v) is 7.27. The van der Waals surface area contributed by atoms with Gasteiger partial charge >= 0.3 is 6.03 Å². The predicted octanol–water partition coefficient (Wildman–Crippen LogP) is 2.63. The van der Waals surface area contributed by atoms with Crippen LogP contribution in [0.5, 0.6) is 0 Å². The summed E-state index contributed by atoms with van der Waals surface area (Å²) in [4.78, 5) is 15.3. The monoisotopic (exact) mass is 268 g/mol. The second kappa shape index (κ2) is 6.75. The highest BCUT2D eigenvalue weighted by atomic mass is 32.1. The van der Waals surface area contributed by atoms with Crippen LogP contribution < -0.4 is 5.32 Å². The van der Waals surface area contributed by atoms with Gasteiger partial charge in [-0.3, -0.25) is 0 Å². The molecule has 0 aliphatic carbocycles. The molecule has 1 fully saturated rings. The molecule has 1 aromatic rings. The standard InChI is InChI=1S/C13H20N2O2S/c1-17-9-4-7-14-13(16)15-8-2-5-11(15)12-6-3-10-18-12/h3,6,10-11H,2,4-5,7-9H2,1H3,(H,14,16)/t11-/m0/s1. The molecule has 4 nitrogen and oxygen atoms in total. The second-order valence-electron chi connectivity index (χ2n) is 4.45. The molecule has 1 saturated heterocycles. The van der Waals surface area contributed by atoms with Crippen molar-refractivity contribution in [3.05, 3.63) is 22.4 Å². The highest BCUT2D eigenvalue weighted by molar-refractivity contribution is 7.10. The van der Waals surface area contributed by atoms with E-state index in [9.17, 15) is 4.79 Å². The number of hydrogen-bond donors (Lipinski definition) is 1. The maximum atomic E-state index is 12.1. The fourth-order valence-corrected chi connectivity index (χ4v) is 3.17. The van der Waals surface area contributed by atoms with Crippen LogP contribution in [0, 0.1) is 0 Å². The van der Waals surface area contributed by atoms with Gasteiger partial charge in [-0.1, -0.05) is 6.07 Å². The van der Waals surface area contributed by atoms with Gasteiger partial charge in [-0.15, -0.1) is 11.3 Å². The first-order chi connectivity index (χ1) is 8.83. The van der Waals surface area contributed by atoms with Crippen molar-refractivity contribution < 1.29 is 9.53 Å². The van der Waals surface area contributed by atoms with E-state index in [0.717, 1.165) is 25.8 Å². The van der Waals surface area contributed by atoms with Crippen molar-refractivity contribution in [3.8, 4) is 0 Å². The summed E-state index contributed by atoms with van der Waals surface area (Å²) in [5.74, 6) is 0. The molecule has 2 heterocycles. The minimum Gasteiger partial charge on any atom is -0.385 e. The van der Waals surface area contributed by atoms with Crippen LogP contribution in [0.2, 0.25) is 0 Å². The fraction of sp³-hybridized carbons (Fsp3) is 0.615. The Morgan fingerprint density at radius 3 is 3.28 bits per heavy atom. The van der Waals surface area contributed by atoms with Crippen LogP contribution in [0.4, 0.5) is 4.79 Å². The Labute approximate surface area is 112 Å². The molecular weight excluding hydrogens is 248 g/mol. The third-order valence-corrected chi connectivity index (χ3v) is 4.16. The minimum absolute atomic E-state index is 0.0574. The Morgan fingerprint density at radius 2 is 2.56 bits per heavy atom. The summed E-state index contributed by atoms with van der Waals surface area (Å²) in [5.41, 5.74) is 0. The summed E-state index contributed by atoms with van der Waals surface area (Å²) in [6, 6.07) is 4.49. The number of carbonyl (C=O) groups excluding carboxylic acids is 1. The molecular formula is C13H20N2O2S. The molecule has 1 aromatic heterocycles. The van der Waals surface area contributed by atoms with Gasteiger partial charge in [-0.05, 0) is 30.7 Å². The third kappa shape index (κ3) is 3.23. The lowest BCUT2D eigenvalue weighted by Gasteiger charge is -2.24. The van der Waals surface area contributed by atoms with Crippen LogP contribution in [0.15, 0.2) is 17.5 Å². The van der Waals surface area contributed by atoms with E-state index in [4.69, 9.17) is 4.74 Å². The number of amides is 2. The van der Waals surface area contributed by atoms with Crippen LogP contribution in [0.1, 0.15) is 30.2 Å². The van der Waals surface area contributed by atoms with Gasteiger partial charge in [0, 0.05) is 31.7 Å². The summed E-state index contributed by atoms with van der Waals surface area (Å²) in [5, 5.41) is 5.03. The minimum atomic E-state index is 0.0574. The van der Waals surface area contributed by atoms with E-state index in [1.165, 1.54) is 4.88 Å². The quantitative estimate of drug-likeness (QED) is 0.834. The molecule has 0 radical (unpaired) electrons. The summed E-state index contributed by atoms with van der Waals surface area (Å²) in [7, 11) is 1.68. The Morgan fingerprint density at radius 1 is 1.67 bits per heavy atom. The van der Waals surface area contributed by atoms with Crippen molar-refractivity contribution in [2.45, 2.75) is 25.3 Å². The summed E-state index contributed by atoms with van der Waals surface area (Å²) < 4.78 is 4.97. The highest BCUT2D eigenvalue weighted by Crippen LogP contribution is 2.34. The van der Waals surface area contributed by atoms with Crippen LogP contribution in [0.3, 0.4) is 0 Å².